The molecule has 0 aliphatic carbocycles. The number of rotatable bonds is 5. The molecule has 154 valence electrons. The Morgan fingerprint density at radius 1 is 1.14 bits per heavy atom. The van der Waals surface area contributed by atoms with Crippen LogP contribution in [-0.4, -0.2) is 60.8 Å². The van der Waals surface area contributed by atoms with Crippen LogP contribution in [0, 0.1) is 0 Å². The molecule has 1 aromatic rings. The monoisotopic (exact) mass is 391 g/mol. The van der Waals surface area contributed by atoms with E-state index in [2.05, 4.69) is 15.5 Å². The Balaban J connectivity index is 1.84. The molecule has 1 aliphatic heterocycles. The van der Waals surface area contributed by atoms with Crippen LogP contribution in [0.3, 0.4) is 0 Å². The van der Waals surface area contributed by atoms with Crippen molar-refractivity contribution < 1.29 is 23.9 Å². The van der Waals surface area contributed by atoms with E-state index in [1.165, 1.54) is 6.92 Å². The van der Waals surface area contributed by atoms with Gasteiger partial charge < -0.3 is 14.8 Å². The molecule has 1 aromatic carbocycles. The summed E-state index contributed by atoms with van der Waals surface area (Å²) in [7, 11) is 0. The fourth-order valence-corrected chi connectivity index (χ4v) is 2.63. The highest BCUT2D eigenvalue weighted by Crippen LogP contribution is 2.11. The Morgan fingerprint density at radius 3 is 2.32 bits per heavy atom. The molecule has 0 saturated carbocycles. The minimum Gasteiger partial charge on any atom is -0.449 e. The first-order valence-corrected chi connectivity index (χ1v) is 9.37. The zero-order valence-electron chi connectivity index (χ0n) is 16.9. The molecule has 0 unspecified atom stereocenters. The lowest BCUT2D eigenvalue weighted by Crippen LogP contribution is -2.50. The smallest absolute Gasteiger partial charge is 0.338 e. The van der Waals surface area contributed by atoms with Crippen LogP contribution in [0.1, 0.15) is 43.6 Å². The van der Waals surface area contributed by atoms with Gasteiger partial charge in [0.15, 0.2) is 6.10 Å². The molecule has 2 N–H and O–H groups in total. The fourth-order valence-electron chi connectivity index (χ4n) is 2.63. The number of nitrogens with zero attached hydrogens (tertiary/aromatic N) is 1. The maximum absolute atomic E-state index is 12.2. The molecule has 2 rings (SSSR count). The average molecular weight is 391 g/mol. The van der Waals surface area contributed by atoms with E-state index in [0.29, 0.717) is 5.56 Å². The SMILES string of the molecule is C[C@H](OC(=O)c1ccc(CN2CCOCC2)cc1)C(=O)NC(=O)NC(C)(C)C. The van der Waals surface area contributed by atoms with E-state index in [0.717, 1.165) is 38.4 Å². The van der Waals surface area contributed by atoms with Crippen LogP contribution in [0.4, 0.5) is 4.79 Å². The van der Waals surface area contributed by atoms with E-state index < -0.39 is 29.6 Å². The lowest BCUT2D eigenvalue weighted by atomic mass is 10.1. The first kappa shape index (κ1) is 21.8. The lowest BCUT2D eigenvalue weighted by molar-refractivity contribution is -0.127. The topological polar surface area (TPSA) is 97.0 Å². The number of hydrogen-bond donors (Lipinski definition) is 2. The highest BCUT2D eigenvalue weighted by atomic mass is 16.5. The Labute approximate surface area is 165 Å². The summed E-state index contributed by atoms with van der Waals surface area (Å²) in [5.74, 6) is -1.30. The van der Waals surface area contributed by atoms with Crippen molar-refractivity contribution in [2.45, 2.75) is 45.9 Å². The summed E-state index contributed by atoms with van der Waals surface area (Å²) in [6.45, 7) is 10.8. The number of carbonyl (C=O) groups excluding carboxylic acids is 3. The number of nitrogens with one attached hydrogen (secondary N) is 2. The standard InChI is InChI=1S/C20H29N3O5/c1-14(17(24)21-19(26)22-20(2,3)4)28-18(25)16-7-5-15(6-8-16)13-23-9-11-27-12-10-23/h5-8,14H,9-13H2,1-4H3,(H2,21,22,24,26)/t14-/m0/s1. The number of urea groups is 1. The second kappa shape index (κ2) is 9.66. The van der Waals surface area contributed by atoms with Gasteiger partial charge in [-0.1, -0.05) is 12.1 Å². The van der Waals surface area contributed by atoms with Crippen LogP contribution >= 0.6 is 0 Å². The first-order valence-electron chi connectivity index (χ1n) is 9.37. The maximum Gasteiger partial charge on any atom is 0.338 e. The van der Waals surface area contributed by atoms with Gasteiger partial charge in [0.25, 0.3) is 5.91 Å². The molecule has 8 nitrogen and oxygen atoms in total. The van der Waals surface area contributed by atoms with Crippen LogP contribution in [0.2, 0.25) is 0 Å². The van der Waals surface area contributed by atoms with Gasteiger partial charge in [0.2, 0.25) is 0 Å². The third kappa shape index (κ3) is 7.28. The van der Waals surface area contributed by atoms with E-state index in [4.69, 9.17) is 9.47 Å². The summed E-state index contributed by atoms with van der Waals surface area (Å²) >= 11 is 0. The molecule has 3 amide bonds. The number of carbonyl (C=O) groups is 3. The Hall–Kier alpha value is -2.45. The molecule has 1 aliphatic rings. The predicted molar refractivity (Wildman–Crippen MR) is 104 cm³/mol. The zero-order chi connectivity index (χ0) is 20.7. The summed E-state index contributed by atoms with van der Waals surface area (Å²) in [6.07, 6.45) is -1.09. The zero-order valence-corrected chi connectivity index (χ0v) is 16.9. The van der Waals surface area contributed by atoms with Crippen molar-refractivity contribution in [2.75, 3.05) is 26.3 Å². The summed E-state index contributed by atoms with van der Waals surface area (Å²) < 4.78 is 10.5. The number of esters is 1. The van der Waals surface area contributed by atoms with Crippen molar-refractivity contribution in [3.8, 4) is 0 Å². The van der Waals surface area contributed by atoms with Gasteiger partial charge in [-0.25, -0.2) is 9.59 Å². The van der Waals surface area contributed by atoms with Crippen molar-refractivity contribution in [3.05, 3.63) is 35.4 Å². The van der Waals surface area contributed by atoms with E-state index >= 15 is 0 Å². The number of amides is 3. The maximum atomic E-state index is 12.2. The van der Waals surface area contributed by atoms with Crippen LogP contribution < -0.4 is 10.6 Å². The molecule has 1 saturated heterocycles. The Bertz CT molecular complexity index is 691. The fraction of sp³-hybridized carbons (Fsp3) is 0.550. The van der Waals surface area contributed by atoms with Crippen molar-refractivity contribution in [1.29, 1.82) is 0 Å². The third-order valence-corrected chi connectivity index (χ3v) is 4.08. The van der Waals surface area contributed by atoms with Gasteiger partial charge in [0.05, 0.1) is 18.8 Å². The molecule has 0 radical (unpaired) electrons. The average Bonchev–Trinajstić information content (AvgIpc) is 2.61. The van der Waals surface area contributed by atoms with Gasteiger partial charge in [-0.15, -0.1) is 0 Å². The van der Waals surface area contributed by atoms with E-state index in [1.807, 2.05) is 12.1 Å². The van der Waals surface area contributed by atoms with Crippen LogP contribution in [-0.2, 0) is 20.8 Å². The molecule has 1 atom stereocenters. The van der Waals surface area contributed by atoms with Gasteiger partial charge in [-0.05, 0) is 45.4 Å². The van der Waals surface area contributed by atoms with Crippen molar-refractivity contribution in [2.24, 2.45) is 0 Å². The van der Waals surface area contributed by atoms with E-state index in [1.54, 1.807) is 32.9 Å². The summed E-state index contributed by atoms with van der Waals surface area (Å²) in [4.78, 5) is 38.3. The Morgan fingerprint density at radius 2 is 1.75 bits per heavy atom. The molecule has 1 heterocycles. The minimum atomic E-state index is -1.09. The number of morpholine rings is 1. The molecule has 0 bridgehead atoms. The van der Waals surface area contributed by atoms with Crippen molar-refractivity contribution >= 4 is 17.9 Å². The second-order valence-electron chi connectivity index (χ2n) is 7.83. The normalized spacial score (nSPS) is 16.1. The van der Waals surface area contributed by atoms with Crippen LogP contribution in [0.15, 0.2) is 24.3 Å². The van der Waals surface area contributed by atoms with E-state index in [-0.39, 0.29) is 0 Å². The van der Waals surface area contributed by atoms with Crippen LogP contribution in [0.5, 0.6) is 0 Å². The molecule has 8 heteroatoms. The van der Waals surface area contributed by atoms with E-state index in [9.17, 15) is 14.4 Å². The highest BCUT2D eigenvalue weighted by Gasteiger charge is 2.22. The summed E-state index contributed by atoms with van der Waals surface area (Å²) in [5, 5.41) is 4.77. The van der Waals surface area contributed by atoms with Crippen molar-refractivity contribution in [1.82, 2.24) is 15.5 Å². The van der Waals surface area contributed by atoms with Gasteiger partial charge >= 0.3 is 12.0 Å². The second-order valence-corrected chi connectivity index (χ2v) is 7.83. The van der Waals surface area contributed by atoms with Crippen LogP contribution in [0.25, 0.3) is 0 Å². The van der Waals surface area contributed by atoms with Crippen molar-refractivity contribution in [3.63, 3.8) is 0 Å². The molecular formula is C20H29N3O5. The van der Waals surface area contributed by atoms with Gasteiger partial charge in [-0.2, -0.15) is 0 Å². The molecular weight excluding hydrogens is 362 g/mol. The lowest BCUT2D eigenvalue weighted by Gasteiger charge is -2.26. The minimum absolute atomic E-state index is 0.351. The van der Waals surface area contributed by atoms with Gasteiger partial charge in [0, 0.05) is 25.2 Å². The number of ether oxygens (including phenoxy) is 2. The molecule has 1 fully saturated rings. The molecule has 28 heavy (non-hydrogen) atoms. The predicted octanol–water partition coefficient (Wildman–Crippen LogP) is 1.69. The summed E-state index contributed by atoms with van der Waals surface area (Å²) in [6, 6.07) is 6.46. The number of imide groups is 1. The van der Waals surface area contributed by atoms with Gasteiger partial charge in [-0.3, -0.25) is 15.0 Å². The number of hydrogen-bond acceptors (Lipinski definition) is 6. The highest BCUT2D eigenvalue weighted by molar-refractivity contribution is 5.98. The first-order chi connectivity index (χ1) is 13.1. The summed E-state index contributed by atoms with van der Waals surface area (Å²) in [5.41, 5.74) is 0.959. The quantitative estimate of drug-likeness (QED) is 0.742. The van der Waals surface area contributed by atoms with Gasteiger partial charge in [0.1, 0.15) is 0 Å². The third-order valence-electron chi connectivity index (χ3n) is 4.08. The molecule has 0 aromatic heterocycles. The largest absolute Gasteiger partial charge is 0.449 e. The number of benzene rings is 1. The molecule has 0 spiro atoms. The Kier molecular flexibility index (Phi) is 7.53.